The average molecular weight is 298 g/mol. The van der Waals surface area contributed by atoms with Gasteiger partial charge in [0.15, 0.2) is 6.61 Å². The standard InChI is InChI=1S/C18H22N2O2/c19-11-14-4-3-7-17(10-14)22-13-18(21)20-9-8-15-5-1-2-6-16(15)12-20/h3-4,7,10,15-16H,1-2,5-6,8-9,12-13H2/t15-,16-/m0/s1. The van der Waals surface area contributed by atoms with E-state index in [0.717, 1.165) is 25.4 Å². The van der Waals surface area contributed by atoms with Crippen molar-refractivity contribution < 1.29 is 9.53 Å². The lowest BCUT2D eigenvalue weighted by Crippen LogP contribution is -2.46. The zero-order valence-corrected chi connectivity index (χ0v) is 12.8. The van der Waals surface area contributed by atoms with Gasteiger partial charge in [0.1, 0.15) is 5.75 Å². The first-order valence-corrected chi connectivity index (χ1v) is 8.17. The van der Waals surface area contributed by atoms with Crippen molar-refractivity contribution in [3.8, 4) is 11.8 Å². The number of fused-ring (bicyclic) bond motifs is 1. The van der Waals surface area contributed by atoms with Crippen LogP contribution in [-0.2, 0) is 4.79 Å². The van der Waals surface area contributed by atoms with Gasteiger partial charge in [-0.2, -0.15) is 5.26 Å². The van der Waals surface area contributed by atoms with E-state index in [-0.39, 0.29) is 12.5 Å². The Labute approximate surface area is 131 Å². The molecule has 4 nitrogen and oxygen atoms in total. The van der Waals surface area contributed by atoms with E-state index >= 15 is 0 Å². The maximum atomic E-state index is 12.3. The summed E-state index contributed by atoms with van der Waals surface area (Å²) in [6.07, 6.45) is 6.40. The van der Waals surface area contributed by atoms with Crippen LogP contribution in [0.1, 0.15) is 37.7 Å². The van der Waals surface area contributed by atoms with E-state index in [1.54, 1.807) is 24.3 Å². The molecule has 116 valence electrons. The fourth-order valence-electron chi connectivity index (χ4n) is 3.72. The highest BCUT2D eigenvalue weighted by molar-refractivity contribution is 5.77. The molecule has 2 atom stereocenters. The number of amides is 1. The number of likely N-dealkylation sites (tertiary alicyclic amines) is 1. The number of benzene rings is 1. The number of piperidine rings is 1. The molecule has 1 aromatic rings. The third-order valence-corrected chi connectivity index (χ3v) is 4.97. The Balaban J connectivity index is 1.52. The van der Waals surface area contributed by atoms with Crippen LogP contribution in [0.25, 0.3) is 0 Å². The van der Waals surface area contributed by atoms with Gasteiger partial charge in [0.25, 0.3) is 5.91 Å². The summed E-state index contributed by atoms with van der Waals surface area (Å²) in [5, 5.41) is 8.87. The lowest BCUT2D eigenvalue weighted by molar-refractivity contribution is -0.136. The highest BCUT2D eigenvalue weighted by Gasteiger charge is 2.32. The number of ether oxygens (including phenoxy) is 1. The van der Waals surface area contributed by atoms with Gasteiger partial charge in [0, 0.05) is 13.1 Å². The van der Waals surface area contributed by atoms with Gasteiger partial charge in [-0.25, -0.2) is 0 Å². The van der Waals surface area contributed by atoms with E-state index in [0.29, 0.717) is 17.2 Å². The van der Waals surface area contributed by atoms with Crippen LogP contribution in [-0.4, -0.2) is 30.5 Å². The predicted octanol–water partition coefficient (Wildman–Crippen LogP) is 2.98. The summed E-state index contributed by atoms with van der Waals surface area (Å²) in [6, 6.07) is 9.02. The molecule has 0 aromatic heterocycles. The van der Waals surface area contributed by atoms with Crippen molar-refractivity contribution in [2.24, 2.45) is 11.8 Å². The van der Waals surface area contributed by atoms with Crippen molar-refractivity contribution in [2.45, 2.75) is 32.1 Å². The first-order chi connectivity index (χ1) is 10.8. The topological polar surface area (TPSA) is 53.3 Å². The molecule has 1 aliphatic carbocycles. The third kappa shape index (κ3) is 3.41. The van der Waals surface area contributed by atoms with E-state index in [9.17, 15) is 4.79 Å². The summed E-state index contributed by atoms with van der Waals surface area (Å²) in [6.45, 7) is 1.82. The van der Waals surface area contributed by atoms with Gasteiger partial charge >= 0.3 is 0 Å². The second-order valence-electron chi connectivity index (χ2n) is 6.36. The Morgan fingerprint density at radius 1 is 1.27 bits per heavy atom. The van der Waals surface area contributed by atoms with Crippen molar-refractivity contribution in [1.82, 2.24) is 4.90 Å². The van der Waals surface area contributed by atoms with Gasteiger partial charge in [-0.15, -0.1) is 0 Å². The lowest BCUT2D eigenvalue weighted by Gasteiger charge is -2.41. The molecule has 22 heavy (non-hydrogen) atoms. The summed E-state index contributed by atoms with van der Waals surface area (Å²) in [5.41, 5.74) is 0.549. The van der Waals surface area contributed by atoms with Crippen LogP contribution in [0.15, 0.2) is 24.3 Å². The first kappa shape index (κ1) is 14.9. The van der Waals surface area contributed by atoms with E-state index in [1.165, 1.54) is 25.7 Å². The van der Waals surface area contributed by atoms with Crippen molar-refractivity contribution in [1.29, 1.82) is 5.26 Å². The lowest BCUT2D eigenvalue weighted by atomic mass is 9.75. The minimum Gasteiger partial charge on any atom is -0.484 e. The normalized spacial score (nSPS) is 24.2. The van der Waals surface area contributed by atoms with E-state index in [4.69, 9.17) is 10.00 Å². The van der Waals surface area contributed by atoms with Gasteiger partial charge in [-0.3, -0.25) is 4.79 Å². The predicted molar refractivity (Wildman–Crippen MR) is 83.3 cm³/mol. The van der Waals surface area contributed by atoms with Crippen molar-refractivity contribution in [3.63, 3.8) is 0 Å². The Morgan fingerprint density at radius 2 is 2.09 bits per heavy atom. The highest BCUT2D eigenvalue weighted by Crippen LogP contribution is 2.36. The Hall–Kier alpha value is -2.02. The number of nitrogens with zero attached hydrogens (tertiary/aromatic N) is 2. The molecule has 1 aromatic carbocycles. The molecule has 4 heteroatoms. The maximum absolute atomic E-state index is 12.3. The van der Waals surface area contributed by atoms with Gasteiger partial charge in [0.2, 0.25) is 0 Å². The Bertz CT molecular complexity index is 579. The molecular formula is C18H22N2O2. The number of carbonyl (C=O) groups excluding carboxylic acids is 1. The molecule has 0 bridgehead atoms. The fraction of sp³-hybridized carbons (Fsp3) is 0.556. The molecule has 1 saturated heterocycles. The molecular weight excluding hydrogens is 276 g/mol. The number of carbonyl (C=O) groups is 1. The molecule has 3 rings (SSSR count). The van der Waals surface area contributed by atoms with Crippen LogP contribution in [0.2, 0.25) is 0 Å². The van der Waals surface area contributed by atoms with Crippen LogP contribution < -0.4 is 4.74 Å². The van der Waals surface area contributed by atoms with Crippen LogP contribution in [0, 0.1) is 23.2 Å². The number of rotatable bonds is 3. The molecule has 0 unspecified atom stereocenters. The average Bonchev–Trinajstić information content (AvgIpc) is 2.59. The van der Waals surface area contributed by atoms with Gasteiger partial charge in [0.05, 0.1) is 11.6 Å². The van der Waals surface area contributed by atoms with Crippen LogP contribution >= 0.6 is 0 Å². The minimum atomic E-state index is 0.0615. The van der Waals surface area contributed by atoms with Crippen LogP contribution in [0.5, 0.6) is 5.75 Å². The van der Waals surface area contributed by atoms with Gasteiger partial charge in [-0.1, -0.05) is 25.3 Å². The van der Waals surface area contributed by atoms with Crippen molar-refractivity contribution in [3.05, 3.63) is 29.8 Å². The zero-order valence-electron chi connectivity index (χ0n) is 12.8. The molecule has 0 N–H and O–H groups in total. The summed E-state index contributed by atoms with van der Waals surface area (Å²) in [7, 11) is 0. The van der Waals surface area contributed by atoms with E-state index < -0.39 is 0 Å². The molecule has 2 aliphatic rings. The number of nitriles is 1. The summed E-state index contributed by atoms with van der Waals surface area (Å²) in [4.78, 5) is 14.3. The monoisotopic (exact) mass is 298 g/mol. The molecule has 1 aliphatic heterocycles. The number of hydrogen-bond donors (Lipinski definition) is 0. The first-order valence-electron chi connectivity index (χ1n) is 8.17. The third-order valence-electron chi connectivity index (χ3n) is 4.97. The molecule has 1 amide bonds. The molecule has 1 saturated carbocycles. The van der Waals surface area contributed by atoms with E-state index in [2.05, 4.69) is 6.07 Å². The largest absolute Gasteiger partial charge is 0.484 e. The Morgan fingerprint density at radius 3 is 2.91 bits per heavy atom. The van der Waals surface area contributed by atoms with Crippen LogP contribution in [0.3, 0.4) is 0 Å². The minimum absolute atomic E-state index is 0.0615. The smallest absolute Gasteiger partial charge is 0.260 e. The molecule has 0 spiro atoms. The second-order valence-corrected chi connectivity index (χ2v) is 6.36. The second kappa shape index (κ2) is 6.83. The summed E-state index contributed by atoms with van der Waals surface area (Å²) >= 11 is 0. The van der Waals surface area contributed by atoms with Crippen molar-refractivity contribution in [2.75, 3.05) is 19.7 Å². The van der Waals surface area contributed by atoms with Crippen molar-refractivity contribution >= 4 is 5.91 Å². The van der Waals surface area contributed by atoms with Gasteiger partial charge < -0.3 is 9.64 Å². The summed E-state index contributed by atoms with van der Waals surface area (Å²) < 4.78 is 5.56. The maximum Gasteiger partial charge on any atom is 0.260 e. The SMILES string of the molecule is N#Cc1cccc(OCC(=O)N2CC[C@@H]3CCCC[C@H]3C2)c1. The quantitative estimate of drug-likeness (QED) is 0.862. The molecule has 1 heterocycles. The zero-order chi connectivity index (χ0) is 15.4. The van der Waals surface area contributed by atoms with Gasteiger partial charge in [-0.05, 0) is 42.9 Å². The molecule has 2 fully saturated rings. The summed E-state index contributed by atoms with van der Waals surface area (Å²) in [5.74, 6) is 2.16. The number of hydrogen-bond acceptors (Lipinski definition) is 3. The highest BCUT2D eigenvalue weighted by atomic mass is 16.5. The molecule has 0 radical (unpaired) electrons. The van der Waals surface area contributed by atoms with E-state index in [1.807, 2.05) is 4.90 Å². The Kier molecular flexibility index (Phi) is 4.62. The fourth-order valence-corrected chi connectivity index (χ4v) is 3.72. The van der Waals surface area contributed by atoms with Crippen LogP contribution in [0.4, 0.5) is 0 Å².